The summed E-state index contributed by atoms with van der Waals surface area (Å²) in [7, 11) is 0. The van der Waals surface area contributed by atoms with Gasteiger partial charge in [-0.1, -0.05) is 42.5 Å². The van der Waals surface area contributed by atoms with Gasteiger partial charge >= 0.3 is 23.9 Å². The Morgan fingerprint density at radius 3 is 1.95 bits per heavy atom. The van der Waals surface area contributed by atoms with Crippen LogP contribution in [0.3, 0.4) is 0 Å². The van der Waals surface area contributed by atoms with Crippen LogP contribution in [-0.2, 0) is 42.9 Å². The Morgan fingerprint density at radius 1 is 0.732 bits per heavy atom. The van der Waals surface area contributed by atoms with E-state index in [1.165, 1.54) is 0 Å². The molecule has 1 fully saturated rings. The Bertz CT molecular complexity index is 1490. The zero-order valence-electron chi connectivity index (χ0n) is 22.7. The van der Waals surface area contributed by atoms with Crippen LogP contribution in [0.4, 0.5) is 0 Å². The summed E-state index contributed by atoms with van der Waals surface area (Å²) in [5, 5.41) is 0.202. The fraction of sp³-hybridized carbons (Fsp3) is 0.345. The van der Waals surface area contributed by atoms with Crippen LogP contribution in [0.1, 0.15) is 27.7 Å². The van der Waals surface area contributed by atoms with Crippen molar-refractivity contribution in [2.24, 2.45) is 0 Å². The highest BCUT2D eigenvalue weighted by atomic mass is 16.7. The van der Waals surface area contributed by atoms with Crippen molar-refractivity contribution in [3.05, 3.63) is 64.8 Å². The highest BCUT2D eigenvalue weighted by Crippen LogP contribution is 2.35. The van der Waals surface area contributed by atoms with Crippen molar-refractivity contribution in [1.82, 2.24) is 0 Å². The zero-order chi connectivity index (χ0) is 29.7. The van der Waals surface area contributed by atoms with Crippen LogP contribution in [0.2, 0.25) is 0 Å². The number of para-hydroxylation sites is 1. The van der Waals surface area contributed by atoms with Gasteiger partial charge in [0.15, 0.2) is 18.0 Å². The van der Waals surface area contributed by atoms with Crippen molar-refractivity contribution in [3.63, 3.8) is 0 Å². The van der Waals surface area contributed by atoms with E-state index in [1.54, 1.807) is 54.6 Å². The van der Waals surface area contributed by atoms with E-state index in [9.17, 15) is 24.0 Å². The standard InChI is InChI=1S/C29H28O12/c1-15(30)35-14-22-25(36-16(2)31)27(37-17(3)32)28(38-18(4)33)29(40-22)41-26-23(34)20-12-8-9-13-21(20)39-24(26)19-10-6-5-7-11-19/h5-13,22,25,27-29H,14H2,1-4H3/t22-,25-,27+,28-,29+/m1/s1. The number of carbonyl (C=O) groups excluding carboxylic acids is 4. The number of hydrogen-bond acceptors (Lipinski definition) is 12. The molecule has 4 rings (SSSR count). The molecule has 0 saturated carbocycles. The molecule has 1 saturated heterocycles. The van der Waals surface area contributed by atoms with Crippen LogP contribution in [0, 0.1) is 0 Å². The molecular formula is C29H28O12. The molecule has 0 amide bonds. The second-order valence-corrected chi connectivity index (χ2v) is 9.14. The summed E-state index contributed by atoms with van der Waals surface area (Å²) in [6.45, 7) is 4.04. The maximum Gasteiger partial charge on any atom is 0.303 e. The summed E-state index contributed by atoms with van der Waals surface area (Å²) in [5.74, 6) is -3.27. The summed E-state index contributed by atoms with van der Waals surface area (Å²) in [4.78, 5) is 61.6. The van der Waals surface area contributed by atoms with Gasteiger partial charge in [-0.05, 0) is 12.1 Å². The number of benzene rings is 2. The second kappa shape index (κ2) is 12.6. The van der Waals surface area contributed by atoms with Gasteiger partial charge in [0.05, 0.1) is 5.39 Å². The smallest absolute Gasteiger partial charge is 0.303 e. The highest BCUT2D eigenvalue weighted by Gasteiger charge is 2.53. The molecular weight excluding hydrogens is 540 g/mol. The van der Waals surface area contributed by atoms with E-state index in [4.69, 9.17) is 32.8 Å². The molecule has 12 nitrogen and oxygen atoms in total. The number of esters is 4. The zero-order valence-corrected chi connectivity index (χ0v) is 22.7. The van der Waals surface area contributed by atoms with Gasteiger partial charge in [0.25, 0.3) is 0 Å². The molecule has 1 aliphatic rings. The van der Waals surface area contributed by atoms with Crippen molar-refractivity contribution >= 4 is 34.8 Å². The third-order valence-electron chi connectivity index (χ3n) is 5.97. The molecule has 12 heteroatoms. The van der Waals surface area contributed by atoms with Crippen LogP contribution in [0.15, 0.2) is 63.8 Å². The molecule has 0 bridgehead atoms. The van der Waals surface area contributed by atoms with E-state index in [-0.39, 0.29) is 16.9 Å². The van der Waals surface area contributed by atoms with E-state index >= 15 is 0 Å². The van der Waals surface area contributed by atoms with Crippen molar-refractivity contribution in [2.45, 2.75) is 58.4 Å². The summed E-state index contributed by atoms with van der Waals surface area (Å²) < 4.78 is 39.6. The van der Waals surface area contributed by atoms with E-state index in [1.807, 2.05) is 0 Å². The van der Waals surface area contributed by atoms with Crippen LogP contribution < -0.4 is 10.2 Å². The Labute approximate surface area is 234 Å². The van der Waals surface area contributed by atoms with E-state index in [0.717, 1.165) is 27.7 Å². The van der Waals surface area contributed by atoms with Gasteiger partial charge in [-0.25, -0.2) is 0 Å². The summed E-state index contributed by atoms with van der Waals surface area (Å²) >= 11 is 0. The summed E-state index contributed by atoms with van der Waals surface area (Å²) in [6, 6.07) is 15.2. The molecule has 2 aromatic carbocycles. The van der Waals surface area contributed by atoms with E-state index < -0.39 is 66.6 Å². The highest BCUT2D eigenvalue weighted by molar-refractivity contribution is 5.82. The number of rotatable bonds is 8. The number of ether oxygens (including phenoxy) is 6. The van der Waals surface area contributed by atoms with Crippen molar-refractivity contribution in [2.75, 3.05) is 6.61 Å². The molecule has 0 N–H and O–H groups in total. The lowest BCUT2D eigenvalue weighted by Gasteiger charge is -2.43. The minimum atomic E-state index is -1.61. The fourth-order valence-electron chi connectivity index (χ4n) is 4.41. The van der Waals surface area contributed by atoms with E-state index in [2.05, 4.69) is 0 Å². The lowest BCUT2D eigenvalue weighted by molar-refractivity contribution is -0.288. The molecule has 0 unspecified atom stereocenters. The minimum absolute atomic E-state index is 0.0576. The SMILES string of the molecule is CC(=O)OC[C@H]1O[C@@H](Oc2c(-c3ccccc3)oc3ccccc3c2=O)[C@H](OC(C)=O)[C@@H](OC(C)=O)[C@@H]1OC(C)=O. The molecule has 41 heavy (non-hydrogen) atoms. The van der Waals surface area contributed by atoms with E-state index in [0.29, 0.717) is 11.1 Å². The van der Waals surface area contributed by atoms with Gasteiger partial charge in [0.2, 0.25) is 23.6 Å². The summed E-state index contributed by atoms with van der Waals surface area (Å²) in [6.07, 6.45) is -7.23. The molecule has 216 valence electrons. The molecule has 3 aromatic rings. The Kier molecular flexibility index (Phi) is 9.03. The number of hydrogen-bond donors (Lipinski definition) is 0. The summed E-state index contributed by atoms with van der Waals surface area (Å²) in [5.41, 5.74) is 0.236. The first-order valence-corrected chi connectivity index (χ1v) is 12.6. The van der Waals surface area contributed by atoms with Gasteiger partial charge < -0.3 is 32.8 Å². The lowest BCUT2D eigenvalue weighted by Crippen LogP contribution is -2.63. The van der Waals surface area contributed by atoms with Crippen molar-refractivity contribution in [3.8, 4) is 17.1 Å². The quantitative estimate of drug-likeness (QED) is 0.290. The van der Waals surface area contributed by atoms with Gasteiger partial charge in [0, 0.05) is 33.3 Å². The molecule has 2 heterocycles. The molecule has 0 spiro atoms. The average molecular weight is 569 g/mol. The first kappa shape index (κ1) is 29.3. The van der Waals surface area contributed by atoms with Gasteiger partial charge in [0.1, 0.15) is 18.3 Å². The molecule has 1 aromatic heterocycles. The van der Waals surface area contributed by atoms with Crippen LogP contribution in [0.25, 0.3) is 22.3 Å². The van der Waals surface area contributed by atoms with Gasteiger partial charge in [-0.2, -0.15) is 0 Å². The average Bonchev–Trinajstić information content (AvgIpc) is 2.92. The topological polar surface area (TPSA) is 154 Å². The molecule has 0 aliphatic carbocycles. The maximum absolute atomic E-state index is 13.7. The third kappa shape index (κ3) is 6.90. The predicted molar refractivity (Wildman–Crippen MR) is 141 cm³/mol. The Balaban J connectivity index is 1.86. The maximum atomic E-state index is 13.7. The van der Waals surface area contributed by atoms with Gasteiger partial charge in [-0.15, -0.1) is 0 Å². The van der Waals surface area contributed by atoms with Crippen molar-refractivity contribution in [1.29, 1.82) is 0 Å². The van der Waals surface area contributed by atoms with Crippen LogP contribution in [0.5, 0.6) is 5.75 Å². The second-order valence-electron chi connectivity index (χ2n) is 9.14. The van der Waals surface area contributed by atoms with Crippen LogP contribution >= 0.6 is 0 Å². The molecule has 5 atom stereocenters. The van der Waals surface area contributed by atoms with Crippen molar-refractivity contribution < 1.29 is 52.0 Å². The normalized spacial score (nSPS) is 21.9. The first-order valence-electron chi connectivity index (χ1n) is 12.6. The third-order valence-corrected chi connectivity index (χ3v) is 5.97. The van der Waals surface area contributed by atoms with Gasteiger partial charge in [-0.3, -0.25) is 24.0 Å². The number of carbonyl (C=O) groups is 4. The predicted octanol–water partition coefficient (Wildman–Crippen LogP) is 2.92. The fourth-order valence-corrected chi connectivity index (χ4v) is 4.41. The largest absolute Gasteiger partial charge is 0.463 e. The Hall–Kier alpha value is -4.71. The molecule has 0 radical (unpaired) electrons. The minimum Gasteiger partial charge on any atom is -0.463 e. The molecule has 1 aliphatic heterocycles. The first-order chi connectivity index (χ1) is 19.5. The number of fused-ring (bicyclic) bond motifs is 1. The lowest BCUT2D eigenvalue weighted by atomic mass is 9.98. The van der Waals surface area contributed by atoms with Crippen LogP contribution in [-0.4, -0.2) is 61.2 Å². The Morgan fingerprint density at radius 2 is 1.32 bits per heavy atom. The monoisotopic (exact) mass is 568 g/mol.